The van der Waals surface area contributed by atoms with Crippen LogP contribution in [0.15, 0.2) is 41.8 Å². The molecule has 140 valence electrons. The number of hydrogen-bond acceptors (Lipinski definition) is 4. The van der Waals surface area contributed by atoms with Crippen LogP contribution < -0.4 is 5.32 Å². The third-order valence-electron chi connectivity index (χ3n) is 5.00. The highest BCUT2D eigenvalue weighted by Gasteiger charge is 2.30. The van der Waals surface area contributed by atoms with Crippen LogP contribution in [0.3, 0.4) is 0 Å². The number of rotatable bonds is 6. The molecule has 1 amide bonds. The summed E-state index contributed by atoms with van der Waals surface area (Å²) < 4.78 is 0. The topological polar surface area (TPSA) is 35.6 Å². The fraction of sp³-hybridized carbons (Fsp3) is 0.450. The lowest BCUT2D eigenvalue weighted by molar-refractivity contribution is 0.0753. The molecule has 0 unspecified atom stereocenters. The van der Waals surface area contributed by atoms with Crippen molar-refractivity contribution < 1.29 is 4.79 Å². The molecule has 1 aromatic heterocycles. The Hall–Kier alpha value is -1.40. The molecule has 6 heteroatoms. The normalized spacial score (nSPS) is 18.4. The van der Waals surface area contributed by atoms with E-state index in [1.807, 2.05) is 6.07 Å². The zero-order chi connectivity index (χ0) is 18.5. The minimum atomic E-state index is -0.0752. The summed E-state index contributed by atoms with van der Waals surface area (Å²) in [5.41, 5.74) is 0.602. The standard InChI is InChI=1S/C20H26ClN3OS/c1-3-23-9-11-24(12-10-23)19(18-8-5-13-26-18)15(2)22-20(25)16-6-4-7-17(21)14-16/h4-8,13-15,19H,3,9-12H2,1-2H3,(H,22,25)/t15-,19+/m1/s1. The molecule has 1 aliphatic heterocycles. The maximum atomic E-state index is 12.7. The molecule has 0 aliphatic carbocycles. The van der Waals surface area contributed by atoms with Crippen molar-refractivity contribution in [2.45, 2.75) is 25.9 Å². The van der Waals surface area contributed by atoms with Crippen molar-refractivity contribution in [3.63, 3.8) is 0 Å². The van der Waals surface area contributed by atoms with Gasteiger partial charge in [-0.15, -0.1) is 11.3 Å². The van der Waals surface area contributed by atoms with Gasteiger partial charge in [0.2, 0.25) is 0 Å². The van der Waals surface area contributed by atoms with E-state index >= 15 is 0 Å². The zero-order valence-electron chi connectivity index (χ0n) is 15.3. The highest BCUT2D eigenvalue weighted by molar-refractivity contribution is 7.10. The summed E-state index contributed by atoms with van der Waals surface area (Å²) in [6.45, 7) is 9.60. The largest absolute Gasteiger partial charge is 0.348 e. The van der Waals surface area contributed by atoms with E-state index in [9.17, 15) is 4.79 Å². The van der Waals surface area contributed by atoms with Crippen molar-refractivity contribution in [2.75, 3.05) is 32.7 Å². The van der Waals surface area contributed by atoms with Crippen molar-refractivity contribution in [2.24, 2.45) is 0 Å². The van der Waals surface area contributed by atoms with Crippen molar-refractivity contribution in [1.29, 1.82) is 0 Å². The number of nitrogens with zero attached hydrogens (tertiary/aromatic N) is 2. The Morgan fingerprint density at radius 2 is 2.00 bits per heavy atom. The molecule has 0 saturated carbocycles. The van der Waals surface area contributed by atoms with Crippen LogP contribution in [0.2, 0.25) is 5.02 Å². The number of carbonyl (C=O) groups is 1. The quantitative estimate of drug-likeness (QED) is 0.811. The molecule has 4 nitrogen and oxygen atoms in total. The first kappa shape index (κ1) is 19.4. The van der Waals surface area contributed by atoms with Crippen molar-refractivity contribution >= 4 is 28.8 Å². The summed E-state index contributed by atoms with van der Waals surface area (Å²) in [5, 5.41) is 5.87. The number of halogens is 1. The number of piperazine rings is 1. The van der Waals surface area contributed by atoms with Crippen LogP contribution in [0.5, 0.6) is 0 Å². The molecule has 1 saturated heterocycles. The molecule has 0 spiro atoms. The van der Waals surface area contributed by atoms with Crippen LogP contribution in [0.25, 0.3) is 0 Å². The maximum Gasteiger partial charge on any atom is 0.251 e. The van der Waals surface area contributed by atoms with Gasteiger partial charge in [0.05, 0.1) is 6.04 Å². The lowest BCUT2D eigenvalue weighted by atomic mass is 10.0. The fourth-order valence-corrected chi connectivity index (χ4v) is 4.71. The van der Waals surface area contributed by atoms with Crippen LogP contribution in [0.4, 0.5) is 0 Å². The minimum absolute atomic E-state index is 0.00769. The van der Waals surface area contributed by atoms with Gasteiger partial charge in [-0.05, 0) is 43.1 Å². The third-order valence-corrected chi connectivity index (χ3v) is 6.18. The van der Waals surface area contributed by atoms with Crippen LogP contribution in [0.1, 0.15) is 35.1 Å². The number of likely N-dealkylation sites (N-methyl/N-ethyl adjacent to an activating group) is 1. The summed E-state index contributed by atoms with van der Waals surface area (Å²) in [7, 11) is 0. The van der Waals surface area contributed by atoms with E-state index in [1.54, 1.807) is 29.5 Å². The predicted molar refractivity (Wildman–Crippen MR) is 109 cm³/mol. The smallest absolute Gasteiger partial charge is 0.251 e. The molecule has 2 aromatic rings. The maximum absolute atomic E-state index is 12.7. The van der Waals surface area contributed by atoms with Crippen molar-refractivity contribution in [3.8, 4) is 0 Å². The summed E-state index contributed by atoms with van der Waals surface area (Å²) in [6, 6.07) is 11.6. The molecule has 3 rings (SSSR count). The summed E-state index contributed by atoms with van der Waals surface area (Å²) >= 11 is 7.78. The highest BCUT2D eigenvalue weighted by Crippen LogP contribution is 2.29. The van der Waals surface area contributed by atoms with Crippen molar-refractivity contribution in [1.82, 2.24) is 15.1 Å². The molecule has 0 bridgehead atoms. The fourth-order valence-electron chi connectivity index (χ4n) is 3.56. The number of benzene rings is 1. The highest BCUT2D eigenvalue weighted by atomic mass is 35.5. The Kier molecular flexibility index (Phi) is 6.70. The van der Waals surface area contributed by atoms with Gasteiger partial charge in [-0.3, -0.25) is 9.69 Å². The lowest BCUT2D eigenvalue weighted by Gasteiger charge is -2.41. The summed E-state index contributed by atoms with van der Waals surface area (Å²) in [5.74, 6) is -0.0752. The second-order valence-corrected chi connectivity index (χ2v) is 8.12. The Bertz CT molecular complexity index is 714. The first-order valence-electron chi connectivity index (χ1n) is 9.14. The van der Waals surface area contributed by atoms with Crippen LogP contribution in [0, 0.1) is 0 Å². The van der Waals surface area contributed by atoms with Gasteiger partial charge in [0.25, 0.3) is 5.91 Å². The first-order valence-corrected chi connectivity index (χ1v) is 10.4. The Balaban J connectivity index is 1.73. The van der Waals surface area contributed by atoms with Gasteiger partial charge in [-0.25, -0.2) is 0 Å². The zero-order valence-corrected chi connectivity index (χ0v) is 16.9. The molecule has 1 N–H and O–H groups in total. The van der Waals surface area contributed by atoms with Gasteiger partial charge in [-0.1, -0.05) is 30.7 Å². The average molecular weight is 392 g/mol. The second-order valence-electron chi connectivity index (χ2n) is 6.70. The number of carbonyl (C=O) groups excluding carboxylic acids is 1. The van der Waals surface area contributed by atoms with Gasteiger partial charge < -0.3 is 10.2 Å². The SMILES string of the molecule is CCN1CCN([C@H](c2cccs2)[C@@H](C)NC(=O)c2cccc(Cl)c2)CC1. The molecule has 2 heterocycles. The number of hydrogen-bond donors (Lipinski definition) is 1. The van der Waals surface area contributed by atoms with Gasteiger partial charge in [0.1, 0.15) is 0 Å². The molecule has 1 fully saturated rings. The molecule has 2 atom stereocenters. The number of nitrogens with one attached hydrogen (secondary N) is 1. The molecule has 1 aliphatic rings. The second kappa shape index (κ2) is 9.00. The molecular weight excluding hydrogens is 366 g/mol. The Morgan fingerprint density at radius 1 is 1.23 bits per heavy atom. The van der Waals surface area contributed by atoms with Crippen LogP contribution in [-0.2, 0) is 0 Å². The first-order chi connectivity index (χ1) is 12.6. The van der Waals surface area contributed by atoms with Crippen molar-refractivity contribution in [3.05, 3.63) is 57.2 Å². The Labute approximate surface area is 164 Å². The summed E-state index contributed by atoms with van der Waals surface area (Å²) in [6.07, 6.45) is 0. The summed E-state index contributed by atoms with van der Waals surface area (Å²) in [4.78, 5) is 18.9. The van der Waals surface area contributed by atoms with Crippen LogP contribution in [-0.4, -0.2) is 54.5 Å². The van der Waals surface area contributed by atoms with E-state index in [-0.39, 0.29) is 18.0 Å². The lowest BCUT2D eigenvalue weighted by Crippen LogP contribution is -2.52. The van der Waals surface area contributed by atoms with Gasteiger partial charge in [0, 0.05) is 47.7 Å². The predicted octanol–water partition coefficient (Wildman–Crippen LogP) is 3.90. The van der Waals surface area contributed by atoms with E-state index in [0.717, 1.165) is 32.7 Å². The van der Waals surface area contributed by atoms with Gasteiger partial charge >= 0.3 is 0 Å². The third kappa shape index (κ3) is 4.65. The van der Waals surface area contributed by atoms with E-state index in [2.05, 4.69) is 46.5 Å². The molecule has 0 radical (unpaired) electrons. The monoisotopic (exact) mass is 391 g/mol. The van der Waals surface area contributed by atoms with Crippen LogP contribution >= 0.6 is 22.9 Å². The molecule has 26 heavy (non-hydrogen) atoms. The minimum Gasteiger partial charge on any atom is -0.348 e. The number of amides is 1. The van der Waals surface area contributed by atoms with E-state index in [4.69, 9.17) is 11.6 Å². The van der Waals surface area contributed by atoms with E-state index in [0.29, 0.717) is 10.6 Å². The average Bonchev–Trinajstić information content (AvgIpc) is 3.16. The number of thiophene rings is 1. The van der Waals surface area contributed by atoms with E-state index in [1.165, 1.54) is 4.88 Å². The molecule has 1 aromatic carbocycles. The van der Waals surface area contributed by atoms with E-state index < -0.39 is 0 Å². The molecular formula is C20H26ClN3OS. The van der Waals surface area contributed by atoms with Gasteiger partial charge in [-0.2, -0.15) is 0 Å². The Morgan fingerprint density at radius 3 is 2.62 bits per heavy atom. The van der Waals surface area contributed by atoms with Gasteiger partial charge in [0.15, 0.2) is 0 Å².